The summed E-state index contributed by atoms with van der Waals surface area (Å²) in [7, 11) is 7.97. The molecule has 1 aromatic heterocycles. The highest BCUT2D eigenvalue weighted by Crippen LogP contribution is 2.29. The molecule has 0 atom stereocenters. The minimum Gasteiger partial charge on any atom is -0.444 e. The van der Waals surface area contributed by atoms with Crippen LogP contribution in [0.15, 0.2) is 18.2 Å². The summed E-state index contributed by atoms with van der Waals surface area (Å²) in [6.07, 6.45) is 1.67. The molecular formula is C18H23BN2O2. The molecule has 1 aliphatic heterocycles. The molecule has 0 bridgehead atoms. The molecule has 0 N–H and O–H groups in total. The number of fused-ring (bicyclic) bond motifs is 3. The predicted octanol–water partition coefficient (Wildman–Crippen LogP) is 2.66. The van der Waals surface area contributed by atoms with Crippen LogP contribution >= 0.6 is 0 Å². The van der Waals surface area contributed by atoms with Crippen LogP contribution in [0.25, 0.3) is 10.9 Å². The van der Waals surface area contributed by atoms with Gasteiger partial charge in [-0.1, -0.05) is 17.6 Å². The lowest BCUT2D eigenvalue weighted by molar-refractivity contribution is 0.0233. The molecule has 5 heteroatoms. The van der Waals surface area contributed by atoms with Crippen molar-refractivity contribution in [3.63, 3.8) is 0 Å². The van der Waals surface area contributed by atoms with Gasteiger partial charge < -0.3 is 14.2 Å². The Morgan fingerprint density at radius 3 is 2.74 bits per heavy atom. The van der Waals surface area contributed by atoms with Gasteiger partial charge in [-0.25, -0.2) is 4.79 Å². The van der Waals surface area contributed by atoms with Crippen molar-refractivity contribution in [2.24, 2.45) is 7.05 Å². The second kappa shape index (κ2) is 5.62. The van der Waals surface area contributed by atoms with Crippen molar-refractivity contribution in [3.05, 3.63) is 29.5 Å². The maximum Gasteiger partial charge on any atom is 0.410 e. The standard InChI is InChI=1S/C18H23BN2O2/c1-18(2,3)23-17(22)21-9-5-6-13-14-8-7-12(19)10-15(14)20(4)16(13)11-21/h7-8,10H,5-6,9,11H2,1-4H3. The summed E-state index contributed by atoms with van der Waals surface area (Å²) in [4.78, 5) is 14.2. The Bertz CT molecular complexity index is 758. The number of aromatic nitrogens is 1. The van der Waals surface area contributed by atoms with Crippen molar-refractivity contribution in [2.75, 3.05) is 6.54 Å². The molecule has 0 fully saturated rings. The van der Waals surface area contributed by atoms with Crippen LogP contribution in [0.2, 0.25) is 0 Å². The largest absolute Gasteiger partial charge is 0.444 e. The van der Waals surface area contributed by atoms with E-state index in [1.165, 1.54) is 16.6 Å². The van der Waals surface area contributed by atoms with E-state index in [0.29, 0.717) is 6.54 Å². The van der Waals surface area contributed by atoms with Crippen molar-refractivity contribution in [2.45, 2.75) is 45.8 Å². The number of carbonyl (C=O) groups is 1. The second-order valence-corrected chi connectivity index (χ2v) is 7.27. The number of amides is 1. The first kappa shape index (κ1) is 16.0. The van der Waals surface area contributed by atoms with E-state index in [-0.39, 0.29) is 6.09 Å². The molecular weight excluding hydrogens is 287 g/mol. The number of rotatable bonds is 0. The van der Waals surface area contributed by atoms with Gasteiger partial charge in [0.2, 0.25) is 0 Å². The van der Waals surface area contributed by atoms with E-state index in [1.807, 2.05) is 40.0 Å². The third-order valence-electron chi connectivity index (χ3n) is 4.31. The number of ether oxygens (including phenoxy) is 1. The minimum absolute atomic E-state index is 0.241. The number of hydrogen-bond acceptors (Lipinski definition) is 2. The van der Waals surface area contributed by atoms with Gasteiger partial charge in [-0.3, -0.25) is 0 Å². The van der Waals surface area contributed by atoms with Gasteiger partial charge in [0.15, 0.2) is 0 Å². The smallest absolute Gasteiger partial charge is 0.410 e. The zero-order valence-electron chi connectivity index (χ0n) is 14.3. The molecule has 0 saturated heterocycles. The molecule has 120 valence electrons. The molecule has 3 rings (SSSR count). The van der Waals surface area contributed by atoms with Crippen molar-refractivity contribution in [1.82, 2.24) is 9.47 Å². The Labute approximate surface area is 138 Å². The van der Waals surface area contributed by atoms with Gasteiger partial charge in [-0.05, 0) is 45.2 Å². The number of carbonyl (C=O) groups excluding carboxylic acids is 1. The summed E-state index contributed by atoms with van der Waals surface area (Å²) in [6.45, 7) is 6.99. The van der Waals surface area contributed by atoms with E-state index in [0.717, 1.165) is 30.4 Å². The van der Waals surface area contributed by atoms with E-state index >= 15 is 0 Å². The van der Waals surface area contributed by atoms with Gasteiger partial charge in [-0.15, -0.1) is 0 Å². The molecule has 0 aliphatic carbocycles. The summed E-state index contributed by atoms with van der Waals surface area (Å²) in [5.74, 6) is 0. The van der Waals surface area contributed by atoms with Gasteiger partial charge in [-0.2, -0.15) is 0 Å². The van der Waals surface area contributed by atoms with Gasteiger partial charge in [0.25, 0.3) is 0 Å². The highest BCUT2D eigenvalue weighted by atomic mass is 16.6. The van der Waals surface area contributed by atoms with Crippen molar-refractivity contribution in [1.29, 1.82) is 0 Å². The maximum absolute atomic E-state index is 12.4. The Balaban J connectivity index is 1.97. The molecule has 2 radical (unpaired) electrons. The van der Waals surface area contributed by atoms with Crippen molar-refractivity contribution < 1.29 is 9.53 Å². The van der Waals surface area contributed by atoms with Crippen LogP contribution in [0.3, 0.4) is 0 Å². The van der Waals surface area contributed by atoms with E-state index < -0.39 is 5.60 Å². The highest BCUT2D eigenvalue weighted by Gasteiger charge is 2.27. The number of hydrogen-bond donors (Lipinski definition) is 0. The third kappa shape index (κ3) is 3.10. The fourth-order valence-electron chi connectivity index (χ4n) is 3.25. The fourth-order valence-corrected chi connectivity index (χ4v) is 3.25. The predicted molar refractivity (Wildman–Crippen MR) is 93.3 cm³/mol. The summed E-state index contributed by atoms with van der Waals surface area (Å²) in [5, 5.41) is 1.24. The fraction of sp³-hybridized carbons (Fsp3) is 0.500. The number of nitrogens with zero attached hydrogens (tertiary/aromatic N) is 2. The number of aryl methyl sites for hydroxylation is 2. The summed E-state index contributed by atoms with van der Waals surface area (Å²) in [6, 6.07) is 6.04. The maximum atomic E-state index is 12.4. The molecule has 1 amide bonds. The molecule has 4 nitrogen and oxygen atoms in total. The first-order valence-corrected chi connectivity index (χ1v) is 8.10. The first-order chi connectivity index (χ1) is 10.8. The molecule has 0 saturated carbocycles. The lowest BCUT2D eigenvalue weighted by Crippen LogP contribution is -2.36. The van der Waals surface area contributed by atoms with Crippen molar-refractivity contribution >= 4 is 30.3 Å². The molecule has 1 aliphatic rings. The van der Waals surface area contributed by atoms with E-state index in [9.17, 15) is 4.79 Å². The van der Waals surface area contributed by atoms with Gasteiger partial charge in [0.1, 0.15) is 13.4 Å². The quantitative estimate of drug-likeness (QED) is 0.701. The second-order valence-electron chi connectivity index (χ2n) is 7.27. The normalized spacial score (nSPS) is 15.4. The van der Waals surface area contributed by atoms with Crippen LogP contribution in [0, 0.1) is 0 Å². The highest BCUT2D eigenvalue weighted by molar-refractivity contribution is 6.33. The first-order valence-electron chi connectivity index (χ1n) is 8.10. The van der Waals surface area contributed by atoms with Crippen molar-refractivity contribution in [3.8, 4) is 0 Å². The molecule has 23 heavy (non-hydrogen) atoms. The Morgan fingerprint density at radius 2 is 2.04 bits per heavy atom. The monoisotopic (exact) mass is 310 g/mol. The third-order valence-corrected chi connectivity index (χ3v) is 4.31. The lowest BCUT2D eigenvalue weighted by Gasteiger charge is -2.26. The lowest BCUT2D eigenvalue weighted by atomic mass is 9.94. The summed E-state index contributed by atoms with van der Waals surface area (Å²) >= 11 is 0. The molecule has 0 unspecified atom stereocenters. The molecule has 0 spiro atoms. The van der Waals surface area contributed by atoms with E-state index in [1.54, 1.807) is 4.90 Å². The zero-order chi connectivity index (χ0) is 16.8. The Hall–Kier alpha value is -1.91. The van der Waals surface area contributed by atoms with E-state index in [4.69, 9.17) is 12.6 Å². The Morgan fingerprint density at radius 1 is 1.30 bits per heavy atom. The summed E-state index contributed by atoms with van der Waals surface area (Å²) in [5.41, 5.74) is 3.92. The molecule has 2 aromatic rings. The average molecular weight is 310 g/mol. The van der Waals surface area contributed by atoms with Crippen LogP contribution in [0.5, 0.6) is 0 Å². The zero-order valence-corrected chi connectivity index (χ0v) is 14.3. The van der Waals surface area contributed by atoms with Gasteiger partial charge >= 0.3 is 6.09 Å². The minimum atomic E-state index is -0.473. The average Bonchev–Trinajstić information content (AvgIpc) is 2.63. The van der Waals surface area contributed by atoms with Crippen LogP contribution in [0.4, 0.5) is 4.79 Å². The van der Waals surface area contributed by atoms with Crippen LogP contribution in [-0.2, 0) is 24.8 Å². The van der Waals surface area contributed by atoms with Gasteiger partial charge in [0.05, 0.1) is 6.54 Å². The number of benzene rings is 1. The van der Waals surface area contributed by atoms with E-state index in [2.05, 4.69) is 10.6 Å². The topological polar surface area (TPSA) is 34.5 Å². The SMILES string of the molecule is [B]c1ccc2c3c(n(C)c2c1)CN(C(=O)OC(C)(C)C)CCC3. The molecule has 2 heterocycles. The Kier molecular flexibility index (Phi) is 3.90. The van der Waals surface area contributed by atoms with Gasteiger partial charge in [0, 0.05) is 30.2 Å². The van der Waals surface area contributed by atoms with Crippen LogP contribution in [0.1, 0.15) is 38.4 Å². The van der Waals surface area contributed by atoms with Crippen LogP contribution < -0.4 is 5.46 Å². The van der Waals surface area contributed by atoms with Crippen LogP contribution in [-0.4, -0.2) is 35.6 Å². The molecule has 1 aromatic carbocycles. The summed E-state index contributed by atoms with van der Waals surface area (Å²) < 4.78 is 7.70.